The van der Waals surface area contributed by atoms with E-state index in [1.54, 1.807) is 24.3 Å². The summed E-state index contributed by atoms with van der Waals surface area (Å²) >= 11 is 0. The Hall–Kier alpha value is -2.78. The van der Waals surface area contributed by atoms with Gasteiger partial charge in [0.05, 0.1) is 13.2 Å². The highest BCUT2D eigenvalue weighted by molar-refractivity contribution is 5.97. The zero-order valence-electron chi connectivity index (χ0n) is 20.7. The van der Waals surface area contributed by atoms with Gasteiger partial charge in [0, 0.05) is 11.1 Å². The average molecular weight is 477 g/mol. The number of Topliss-reactive ketones (excluding diaryl/α,β-unsaturated/α-hetero) is 2. The number of ether oxygens (including phenoxy) is 2. The third-order valence-corrected chi connectivity index (χ3v) is 5.02. The van der Waals surface area contributed by atoms with Crippen molar-refractivity contribution in [2.45, 2.75) is 53.8 Å². The van der Waals surface area contributed by atoms with Crippen molar-refractivity contribution < 1.29 is 39.5 Å². The topological polar surface area (TPSA) is 134 Å². The van der Waals surface area contributed by atoms with E-state index in [1.807, 2.05) is 27.7 Å². The van der Waals surface area contributed by atoms with E-state index in [0.29, 0.717) is 22.6 Å². The Morgan fingerprint density at radius 3 is 1.15 bits per heavy atom. The molecule has 4 N–H and O–H groups in total. The van der Waals surface area contributed by atoms with Crippen LogP contribution < -0.4 is 9.47 Å². The van der Waals surface area contributed by atoms with E-state index in [9.17, 15) is 19.8 Å². The zero-order valence-corrected chi connectivity index (χ0v) is 20.7. The summed E-state index contributed by atoms with van der Waals surface area (Å²) in [6.45, 7) is 9.86. The van der Waals surface area contributed by atoms with Gasteiger partial charge in [-0.3, -0.25) is 9.59 Å². The van der Waals surface area contributed by atoms with Crippen LogP contribution in [0.25, 0.3) is 0 Å². The fourth-order valence-corrected chi connectivity index (χ4v) is 3.62. The first kappa shape index (κ1) is 29.3. The van der Waals surface area contributed by atoms with E-state index in [0.717, 1.165) is 22.3 Å². The molecule has 2 unspecified atom stereocenters. The van der Waals surface area contributed by atoms with Gasteiger partial charge >= 0.3 is 0 Å². The van der Waals surface area contributed by atoms with E-state index in [4.69, 9.17) is 19.7 Å². The second-order valence-electron chi connectivity index (χ2n) is 8.27. The first-order chi connectivity index (χ1) is 15.9. The van der Waals surface area contributed by atoms with Gasteiger partial charge in [-0.2, -0.15) is 0 Å². The van der Waals surface area contributed by atoms with E-state index < -0.39 is 12.2 Å². The van der Waals surface area contributed by atoms with E-state index in [2.05, 4.69) is 0 Å². The number of carbonyl (C=O) groups excluding carboxylic acids is 2. The quantitative estimate of drug-likeness (QED) is 0.384. The first-order valence-corrected chi connectivity index (χ1v) is 11.0. The van der Waals surface area contributed by atoms with Crippen molar-refractivity contribution in [2.24, 2.45) is 0 Å². The number of hydrogen-bond donors (Lipinski definition) is 4. The maximum Gasteiger partial charge on any atom is 0.160 e. The number of rotatable bonds is 10. The Labute approximate surface area is 200 Å². The Kier molecular flexibility index (Phi) is 11.9. The molecule has 2 atom stereocenters. The van der Waals surface area contributed by atoms with Crippen molar-refractivity contribution in [1.29, 1.82) is 0 Å². The largest absolute Gasteiger partial charge is 0.491 e. The summed E-state index contributed by atoms with van der Waals surface area (Å²) in [6, 6.07) is 7.03. The van der Waals surface area contributed by atoms with Crippen LogP contribution in [-0.4, -0.2) is 70.6 Å². The summed E-state index contributed by atoms with van der Waals surface area (Å²) in [5.41, 5.74) is 4.83. The minimum absolute atomic E-state index is 0.0296. The Balaban J connectivity index is 0.000000340. The lowest BCUT2D eigenvalue weighted by Crippen LogP contribution is -2.21. The van der Waals surface area contributed by atoms with Gasteiger partial charge in [0.1, 0.15) is 36.9 Å². The molecule has 0 heterocycles. The van der Waals surface area contributed by atoms with Crippen LogP contribution in [0.4, 0.5) is 0 Å². The highest BCUT2D eigenvalue weighted by Crippen LogP contribution is 2.23. The van der Waals surface area contributed by atoms with Crippen molar-refractivity contribution in [2.75, 3.05) is 26.4 Å². The predicted octanol–water partition coefficient (Wildman–Crippen LogP) is 2.48. The number of aliphatic hydroxyl groups excluding tert-OH is 4. The fourth-order valence-electron chi connectivity index (χ4n) is 3.62. The second kappa shape index (κ2) is 13.8. The summed E-state index contributed by atoms with van der Waals surface area (Å²) in [7, 11) is 0. The van der Waals surface area contributed by atoms with Crippen LogP contribution in [0.1, 0.15) is 56.8 Å². The minimum Gasteiger partial charge on any atom is -0.491 e. The van der Waals surface area contributed by atoms with Gasteiger partial charge in [-0.05, 0) is 88.1 Å². The highest BCUT2D eigenvalue weighted by atomic mass is 16.5. The SMILES string of the molecule is CC(=O)c1c(C)cc(OCC(O)CO)cc1C.CC(=O)c1c(C)cc(OCC(O)CO)cc1C. The zero-order chi connectivity index (χ0) is 26.0. The van der Waals surface area contributed by atoms with Gasteiger partial charge in [0.15, 0.2) is 11.6 Å². The fraction of sp³-hybridized carbons (Fsp3) is 0.462. The number of ketones is 2. The Morgan fingerprint density at radius 2 is 0.941 bits per heavy atom. The van der Waals surface area contributed by atoms with E-state index in [1.165, 1.54) is 13.8 Å². The summed E-state index contributed by atoms with van der Waals surface area (Å²) in [5, 5.41) is 35.7. The first-order valence-electron chi connectivity index (χ1n) is 11.0. The van der Waals surface area contributed by atoms with Crippen LogP contribution in [-0.2, 0) is 0 Å². The molecule has 2 rings (SSSR count). The van der Waals surface area contributed by atoms with E-state index in [-0.39, 0.29) is 38.0 Å². The molecule has 0 aromatic heterocycles. The van der Waals surface area contributed by atoms with Crippen LogP contribution in [0.2, 0.25) is 0 Å². The lowest BCUT2D eigenvalue weighted by atomic mass is 9.99. The molecule has 2 aromatic carbocycles. The molecule has 8 heteroatoms. The van der Waals surface area contributed by atoms with Gasteiger partial charge in [-0.15, -0.1) is 0 Å². The molecule has 0 aliphatic carbocycles. The van der Waals surface area contributed by atoms with Crippen LogP contribution in [0.3, 0.4) is 0 Å². The molecule has 0 radical (unpaired) electrons. The van der Waals surface area contributed by atoms with Crippen molar-refractivity contribution in [3.63, 3.8) is 0 Å². The number of aryl methyl sites for hydroxylation is 4. The molecule has 0 spiro atoms. The molecular formula is C26H36O8. The number of aliphatic hydroxyl groups is 4. The maximum atomic E-state index is 11.4. The highest BCUT2D eigenvalue weighted by Gasteiger charge is 2.12. The Morgan fingerprint density at radius 1 is 0.676 bits per heavy atom. The average Bonchev–Trinajstić information content (AvgIpc) is 2.74. The van der Waals surface area contributed by atoms with Crippen molar-refractivity contribution in [3.05, 3.63) is 57.6 Å². The number of benzene rings is 2. The predicted molar refractivity (Wildman–Crippen MR) is 129 cm³/mol. The smallest absolute Gasteiger partial charge is 0.160 e. The Bertz CT molecular complexity index is 857. The third kappa shape index (κ3) is 8.87. The van der Waals surface area contributed by atoms with E-state index >= 15 is 0 Å². The van der Waals surface area contributed by atoms with Crippen molar-refractivity contribution in [1.82, 2.24) is 0 Å². The van der Waals surface area contributed by atoms with Crippen molar-refractivity contribution in [3.8, 4) is 11.5 Å². The van der Waals surface area contributed by atoms with Crippen LogP contribution >= 0.6 is 0 Å². The summed E-state index contributed by atoms with van der Waals surface area (Å²) in [4.78, 5) is 22.8. The number of hydrogen-bond acceptors (Lipinski definition) is 8. The van der Waals surface area contributed by atoms with Crippen LogP contribution in [0.5, 0.6) is 11.5 Å². The van der Waals surface area contributed by atoms with Crippen LogP contribution in [0, 0.1) is 27.7 Å². The molecule has 0 amide bonds. The minimum atomic E-state index is -0.886. The lowest BCUT2D eigenvalue weighted by molar-refractivity contribution is 0.0535. The second-order valence-corrected chi connectivity index (χ2v) is 8.27. The summed E-state index contributed by atoms with van der Waals surface area (Å²) in [6.07, 6.45) is -1.77. The maximum absolute atomic E-state index is 11.4. The molecule has 0 bridgehead atoms. The normalized spacial score (nSPS) is 12.3. The molecular weight excluding hydrogens is 440 g/mol. The molecule has 8 nitrogen and oxygen atoms in total. The summed E-state index contributed by atoms with van der Waals surface area (Å²) in [5.74, 6) is 1.25. The third-order valence-electron chi connectivity index (χ3n) is 5.02. The monoisotopic (exact) mass is 476 g/mol. The molecule has 0 aliphatic heterocycles. The summed E-state index contributed by atoms with van der Waals surface area (Å²) < 4.78 is 10.7. The van der Waals surface area contributed by atoms with Gasteiger partial charge in [-0.25, -0.2) is 0 Å². The van der Waals surface area contributed by atoms with Gasteiger partial charge < -0.3 is 29.9 Å². The standard InChI is InChI=1S/2C13H18O4/c2*1-8-4-12(17-7-11(16)6-14)5-9(2)13(8)10(3)15/h2*4-5,11,14,16H,6-7H2,1-3H3. The molecule has 34 heavy (non-hydrogen) atoms. The lowest BCUT2D eigenvalue weighted by Gasteiger charge is -2.13. The van der Waals surface area contributed by atoms with Crippen LogP contribution in [0.15, 0.2) is 24.3 Å². The molecule has 0 fully saturated rings. The van der Waals surface area contributed by atoms with Gasteiger partial charge in [-0.1, -0.05) is 0 Å². The molecule has 188 valence electrons. The van der Waals surface area contributed by atoms with Gasteiger partial charge in [0.25, 0.3) is 0 Å². The molecule has 2 aromatic rings. The molecule has 0 saturated heterocycles. The molecule has 0 saturated carbocycles. The van der Waals surface area contributed by atoms with Gasteiger partial charge in [0.2, 0.25) is 0 Å². The number of carbonyl (C=O) groups is 2. The van der Waals surface area contributed by atoms with Crippen molar-refractivity contribution >= 4 is 11.6 Å². The molecule has 0 aliphatic rings.